The van der Waals surface area contributed by atoms with Crippen LogP contribution in [0.3, 0.4) is 0 Å². The van der Waals surface area contributed by atoms with E-state index in [9.17, 15) is 0 Å². The molecule has 0 aromatic carbocycles. The maximum atomic E-state index is 3.48. The lowest BCUT2D eigenvalue weighted by Gasteiger charge is -2.09. The Morgan fingerprint density at radius 1 is 1.00 bits per heavy atom. The van der Waals surface area contributed by atoms with E-state index in [0.717, 1.165) is 25.6 Å². The Morgan fingerprint density at radius 3 is 2.43 bits per heavy atom. The smallest absolute Gasteiger partial charge is 0.00767 e. The molecule has 2 N–H and O–H groups in total. The lowest BCUT2D eigenvalue weighted by molar-refractivity contribution is 0.469. The molecule has 1 rings (SSSR count). The maximum Gasteiger partial charge on any atom is 0.00767 e. The molecule has 0 amide bonds. The highest BCUT2D eigenvalue weighted by Crippen LogP contribution is 2.28. The van der Waals surface area contributed by atoms with Gasteiger partial charge in [-0.05, 0) is 31.8 Å². The second kappa shape index (κ2) is 8.25. The fraction of sp³-hybridized carbons (Fsp3) is 1.00. The van der Waals surface area contributed by atoms with E-state index in [2.05, 4.69) is 17.6 Å². The zero-order valence-electron chi connectivity index (χ0n) is 9.65. The molecular weight excluding hydrogens is 172 g/mol. The number of nitrogens with one attached hydrogen (secondary N) is 2. The molecule has 1 aliphatic rings. The van der Waals surface area contributed by atoms with Crippen molar-refractivity contribution in [2.24, 2.45) is 5.92 Å². The summed E-state index contributed by atoms with van der Waals surface area (Å²) >= 11 is 0. The first-order valence-electron chi connectivity index (χ1n) is 6.35. The van der Waals surface area contributed by atoms with Crippen molar-refractivity contribution in [3.8, 4) is 0 Å². The summed E-state index contributed by atoms with van der Waals surface area (Å²) in [4.78, 5) is 0. The number of hydrogen-bond donors (Lipinski definition) is 2. The van der Waals surface area contributed by atoms with Gasteiger partial charge in [0.05, 0.1) is 0 Å². The van der Waals surface area contributed by atoms with Crippen molar-refractivity contribution in [1.29, 1.82) is 0 Å². The van der Waals surface area contributed by atoms with Crippen LogP contribution in [0, 0.1) is 5.92 Å². The van der Waals surface area contributed by atoms with Crippen LogP contribution in [-0.4, -0.2) is 26.2 Å². The van der Waals surface area contributed by atoms with E-state index in [1.165, 1.54) is 45.1 Å². The molecule has 0 aromatic heterocycles. The summed E-state index contributed by atoms with van der Waals surface area (Å²) in [5, 5.41) is 6.80. The van der Waals surface area contributed by atoms with Gasteiger partial charge in [0, 0.05) is 13.1 Å². The molecule has 84 valence electrons. The zero-order valence-corrected chi connectivity index (χ0v) is 9.65. The molecule has 1 fully saturated rings. The molecule has 2 heteroatoms. The molecule has 0 heterocycles. The average Bonchev–Trinajstić information content (AvgIpc) is 2.69. The van der Waals surface area contributed by atoms with Crippen LogP contribution in [-0.2, 0) is 0 Å². The van der Waals surface area contributed by atoms with Crippen molar-refractivity contribution in [3.05, 3.63) is 0 Å². The molecule has 0 radical (unpaired) electrons. The van der Waals surface area contributed by atoms with Crippen molar-refractivity contribution < 1.29 is 0 Å². The molecule has 14 heavy (non-hydrogen) atoms. The first-order chi connectivity index (χ1) is 6.93. The van der Waals surface area contributed by atoms with Crippen molar-refractivity contribution in [3.63, 3.8) is 0 Å². The molecule has 0 aromatic rings. The highest BCUT2D eigenvalue weighted by atomic mass is 14.9. The fourth-order valence-corrected chi connectivity index (χ4v) is 2.29. The maximum absolute atomic E-state index is 3.48. The summed E-state index contributed by atoms with van der Waals surface area (Å²) in [6.07, 6.45) is 8.79. The van der Waals surface area contributed by atoms with Crippen LogP contribution >= 0.6 is 0 Å². The number of likely N-dealkylation sites (N-methyl/N-ethyl adjacent to an activating group) is 1. The molecule has 0 aliphatic heterocycles. The summed E-state index contributed by atoms with van der Waals surface area (Å²) in [5.74, 6) is 1.06. The Hall–Kier alpha value is -0.0800. The van der Waals surface area contributed by atoms with Gasteiger partial charge < -0.3 is 10.6 Å². The predicted octanol–water partition coefficient (Wildman–Crippen LogP) is 2.16. The number of hydrogen-bond acceptors (Lipinski definition) is 2. The first kappa shape index (κ1) is 12.0. The normalized spacial score (nSPS) is 17.8. The van der Waals surface area contributed by atoms with Gasteiger partial charge in [0.2, 0.25) is 0 Å². The Bertz CT molecular complexity index is 119. The lowest BCUT2D eigenvalue weighted by Crippen LogP contribution is -2.27. The molecule has 2 nitrogen and oxygen atoms in total. The Labute approximate surface area is 88.8 Å². The van der Waals surface area contributed by atoms with E-state index >= 15 is 0 Å². The van der Waals surface area contributed by atoms with E-state index in [1.54, 1.807) is 0 Å². The average molecular weight is 198 g/mol. The quantitative estimate of drug-likeness (QED) is 0.584. The summed E-state index contributed by atoms with van der Waals surface area (Å²) < 4.78 is 0. The Morgan fingerprint density at radius 2 is 1.71 bits per heavy atom. The summed E-state index contributed by atoms with van der Waals surface area (Å²) in [5.41, 5.74) is 0. The van der Waals surface area contributed by atoms with Crippen molar-refractivity contribution in [2.45, 2.75) is 45.4 Å². The second-order valence-corrected chi connectivity index (χ2v) is 4.40. The Balaban J connectivity index is 1.75. The van der Waals surface area contributed by atoms with Gasteiger partial charge in [-0.25, -0.2) is 0 Å². The molecule has 0 unspecified atom stereocenters. The van der Waals surface area contributed by atoms with Gasteiger partial charge in [-0.2, -0.15) is 0 Å². The van der Waals surface area contributed by atoms with Crippen molar-refractivity contribution in [1.82, 2.24) is 10.6 Å². The van der Waals surface area contributed by atoms with Gasteiger partial charge in [0.1, 0.15) is 0 Å². The van der Waals surface area contributed by atoms with Gasteiger partial charge in [-0.1, -0.05) is 32.6 Å². The molecular formula is C12H26N2. The van der Waals surface area contributed by atoms with E-state index in [0.29, 0.717) is 0 Å². The van der Waals surface area contributed by atoms with Gasteiger partial charge in [0.25, 0.3) is 0 Å². The van der Waals surface area contributed by atoms with Crippen LogP contribution in [0.2, 0.25) is 0 Å². The first-order valence-corrected chi connectivity index (χ1v) is 6.35. The molecule has 0 atom stereocenters. The third-order valence-electron chi connectivity index (χ3n) is 3.17. The molecule has 1 aliphatic carbocycles. The van der Waals surface area contributed by atoms with Crippen LogP contribution in [0.25, 0.3) is 0 Å². The Kier molecular flexibility index (Phi) is 7.06. The lowest BCUT2D eigenvalue weighted by atomic mass is 10.0. The van der Waals surface area contributed by atoms with Crippen LogP contribution < -0.4 is 10.6 Å². The third-order valence-corrected chi connectivity index (χ3v) is 3.17. The van der Waals surface area contributed by atoms with Gasteiger partial charge in [-0.15, -0.1) is 0 Å². The van der Waals surface area contributed by atoms with E-state index in [1.807, 2.05) is 0 Å². The third kappa shape index (κ3) is 5.61. The highest BCUT2D eigenvalue weighted by molar-refractivity contribution is 4.67. The molecule has 0 bridgehead atoms. The highest BCUT2D eigenvalue weighted by Gasteiger charge is 2.13. The van der Waals surface area contributed by atoms with E-state index in [4.69, 9.17) is 0 Å². The molecule has 0 spiro atoms. The van der Waals surface area contributed by atoms with Crippen LogP contribution in [0.1, 0.15) is 45.4 Å². The summed E-state index contributed by atoms with van der Waals surface area (Å²) in [7, 11) is 0. The van der Waals surface area contributed by atoms with Crippen LogP contribution in [0.15, 0.2) is 0 Å². The van der Waals surface area contributed by atoms with Crippen LogP contribution in [0.5, 0.6) is 0 Å². The zero-order chi connectivity index (χ0) is 10.1. The van der Waals surface area contributed by atoms with Gasteiger partial charge in [-0.3, -0.25) is 0 Å². The second-order valence-electron chi connectivity index (χ2n) is 4.40. The van der Waals surface area contributed by atoms with Crippen LogP contribution in [0.4, 0.5) is 0 Å². The minimum absolute atomic E-state index is 1.06. The number of rotatable bonds is 8. The predicted molar refractivity (Wildman–Crippen MR) is 62.6 cm³/mol. The molecule has 0 saturated heterocycles. The van der Waals surface area contributed by atoms with E-state index < -0.39 is 0 Å². The topological polar surface area (TPSA) is 24.1 Å². The summed E-state index contributed by atoms with van der Waals surface area (Å²) in [6, 6.07) is 0. The standard InChI is InChI=1S/C12H26N2/c1-2-13-10-11-14-9-5-8-12-6-3-4-7-12/h12-14H,2-11H2,1H3. The van der Waals surface area contributed by atoms with E-state index in [-0.39, 0.29) is 0 Å². The molecule has 1 saturated carbocycles. The fourth-order valence-electron chi connectivity index (χ4n) is 2.29. The largest absolute Gasteiger partial charge is 0.316 e. The van der Waals surface area contributed by atoms with Gasteiger partial charge in [0.15, 0.2) is 0 Å². The van der Waals surface area contributed by atoms with Gasteiger partial charge >= 0.3 is 0 Å². The van der Waals surface area contributed by atoms with Crippen molar-refractivity contribution in [2.75, 3.05) is 26.2 Å². The van der Waals surface area contributed by atoms with Crippen molar-refractivity contribution >= 4 is 0 Å². The summed E-state index contributed by atoms with van der Waals surface area (Å²) in [6.45, 7) is 6.68. The monoisotopic (exact) mass is 198 g/mol. The minimum Gasteiger partial charge on any atom is -0.316 e. The minimum atomic E-state index is 1.06. The SMILES string of the molecule is CCNCCNCCCC1CCCC1.